The third-order valence-corrected chi connectivity index (χ3v) is 4.18. The molecule has 0 amide bonds. The van der Waals surface area contributed by atoms with Gasteiger partial charge in [-0.25, -0.2) is 0 Å². The molecule has 0 aliphatic carbocycles. The SMILES string of the molecule is COC(=O)Cc1ccc(NC(=S)N2CCCC[C@H]2C)cc1. The summed E-state index contributed by atoms with van der Waals surface area (Å²) in [4.78, 5) is 13.5. The second-order valence-electron chi connectivity index (χ2n) is 5.42. The van der Waals surface area contributed by atoms with E-state index in [4.69, 9.17) is 12.2 Å². The van der Waals surface area contributed by atoms with Gasteiger partial charge in [0.15, 0.2) is 5.11 Å². The molecule has 0 bridgehead atoms. The summed E-state index contributed by atoms with van der Waals surface area (Å²) in [5.41, 5.74) is 1.89. The number of nitrogens with one attached hydrogen (secondary N) is 1. The van der Waals surface area contributed by atoms with E-state index in [1.807, 2.05) is 24.3 Å². The van der Waals surface area contributed by atoms with Crippen LogP contribution in [0.3, 0.4) is 0 Å². The van der Waals surface area contributed by atoms with Crippen molar-refractivity contribution in [2.75, 3.05) is 19.0 Å². The lowest BCUT2D eigenvalue weighted by atomic mass is 10.0. The summed E-state index contributed by atoms with van der Waals surface area (Å²) in [6, 6.07) is 8.22. The predicted octanol–water partition coefficient (Wildman–Crippen LogP) is 2.97. The average Bonchev–Trinajstić information content (AvgIpc) is 2.49. The van der Waals surface area contributed by atoms with Gasteiger partial charge < -0.3 is 15.0 Å². The summed E-state index contributed by atoms with van der Waals surface area (Å²) in [6.07, 6.45) is 3.97. The topological polar surface area (TPSA) is 41.6 Å². The van der Waals surface area contributed by atoms with Gasteiger partial charge in [-0.3, -0.25) is 4.79 Å². The summed E-state index contributed by atoms with van der Waals surface area (Å²) in [6.45, 7) is 3.24. The summed E-state index contributed by atoms with van der Waals surface area (Å²) < 4.78 is 4.66. The number of benzene rings is 1. The number of methoxy groups -OCH3 is 1. The van der Waals surface area contributed by atoms with E-state index in [0.717, 1.165) is 22.9 Å². The molecule has 4 nitrogen and oxygen atoms in total. The third kappa shape index (κ3) is 4.43. The van der Waals surface area contributed by atoms with Crippen LogP contribution in [0.15, 0.2) is 24.3 Å². The fourth-order valence-corrected chi connectivity index (χ4v) is 2.93. The van der Waals surface area contributed by atoms with E-state index in [1.165, 1.54) is 26.4 Å². The number of rotatable bonds is 3. The molecule has 2 rings (SSSR count). The normalized spacial score (nSPS) is 18.2. The summed E-state index contributed by atoms with van der Waals surface area (Å²) in [5, 5.41) is 4.06. The Morgan fingerprint density at radius 1 is 1.38 bits per heavy atom. The Morgan fingerprint density at radius 3 is 2.71 bits per heavy atom. The van der Waals surface area contributed by atoms with Crippen molar-refractivity contribution in [3.8, 4) is 0 Å². The molecule has 1 N–H and O–H groups in total. The molecule has 1 heterocycles. The lowest BCUT2D eigenvalue weighted by molar-refractivity contribution is -0.139. The maximum Gasteiger partial charge on any atom is 0.309 e. The van der Waals surface area contributed by atoms with Gasteiger partial charge in [0.2, 0.25) is 0 Å². The van der Waals surface area contributed by atoms with Gasteiger partial charge in [-0.1, -0.05) is 12.1 Å². The number of nitrogens with zero attached hydrogens (tertiary/aromatic N) is 1. The number of likely N-dealkylation sites (tertiary alicyclic amines) is 1. The Kier molecular flexibility index (Phi) is 5.56. The van der Waals surface area contributed by atoms with Crippen molar-refractivity contribution >= 4 is 29.0 Å². The fraction of sp³-hybridized carbons (Fsp3) is 0.500. The number of ether oxygens (including phenoxy) is 1. The lowest BCUT2D eigenvalue weighted by Gasteiger charge is -2.35. The van der Waals surface area contributed by atoms with E-state index in [1.54, 1.807) is 0 Å². The van der Waals surface area contributed by atoms with E-state index < -0.39 is 0 Å². The lowest BCUT2D eigenvalue weighted by Crippen LogP contribution is -2.44. The molecule has 5 heteroatoms. The van der Waals surface area contributed by atoms with Gasteiger partial charge in [-0.2, -0.15) is 0 Å². The maximum atomic E-state index is 11.2. The highest BCUT2D eigenvalue weighted by Gasteiger charge is 2.20. The van der Waals surface area contributed by atoms with Gasteiger partial charge in [0.1, 0.15) is 0 Å². The van der Waals surface area contributed by atoms with Crippen LogP contribution >= 0.6 is 12.2 Å². The van der Waals surface area contributed by atoms with Gasteiger partial charge in [-0.15, -0.1) is 0 Å². The molecule has 21 heavy (non-hydrogen) atoms. The maximum absolute atomic E-state index is 11.2. The highest BCUT2D eigenvalue weighted by atomic mass is 32.1. The third-order valence-electron chi connectivity index (χ3n) is 3.85. The molecular formula is C16H22N2O2S. The minimum Gasteiger partial charge on any atom is -0.469 e. The van der Waals surface area contributed by atoms with Gasteiger partial charge in [0.05, 0.1) is 13.5 Å². The molecule has 1 aliphatic rings. The highest BCUT2D eigenvalue weighted by molar-refractivity contribution is 7.80. The number of hydrogen-bond acceptors (Lipinski definition) is 3. The second kappa shape index (κ2) is 7.41. The largest absolute Gasteiger partial charge is 0.469 e. The number of esters is 1. The van der Waals surface area contributed by atoms with E-state index in [0.29, 0.717) is 12.5 Å². The van der Waals surface area contributed by atoms with Crippen LogP contribution < -0.4 is 5.32 Å². The molecule has 0 spiro atoms. The van der Waals surface area contributed by atoms with Crippen LogP contribution in [-0.2, 0) is 16.0 Å². The van der Waals surface area contributed by atoms with E-state index >= 15 is 0 Å². The number of thiocarbonyl (C=S) groups is 1. The Morgan fingerprint density at radius 2 is 2.10 bits per heavy atom. The van der Waals surface area contributed by atoms with Crippen molar-refractivity contribution in [1.29, 1.82) is 0 Å². The number of carbonyl (C=O) groups is 1. The first-order valence-electron chi connectivity index (χ1n) is 7.33. The first kappa shape index (κ1) is 15.8. The van der Waals surface area contributed by atoms with Crippen molar-refractivity contribution in [3.63, 3.8) is 0 Å². The van der Waals surface area contributed by atoms with Gasteiger partial charge in [-0.05, 0) is 56.1 Å². The van der Waals surface area contributed by atoms with E-state index in [-0.39, 0.29) is 5.97 Å². The van der Waals surface area contributed by atoms with Gasteiger partial charge in [0, 0.05) is 18.3 Å². The van der Waals surface area contributed by atoms with Crippen molar-refractivity contribution in [1.82, 2.24) is 4.90 Å². The quantitative estimate of drug-likeness (QED) is 0.687. The van der Waals surface area contributed by atoms with Crippen molar-refractivity contribution in [3.05, 3.63) is 29.8 Å². The second-order valence-corrected chi connectivity index (χ2v) is 5.80. The van der Waals surface area contributed by atoms with Crippen LogP contribution in [0.25, 0.3) is 0 Å². The number of piperidine rings is 1. The van der Waals surface area contributed by atoms with Crippen molar-refractivity contribution < 1.29 is 9.53 Å². The molecule has 1 aliphatic heterocycles. The molecule has 1 aromatic rings. The highest BCUT2D eigenvalue weighted by Crippen LogP contribution is 2.18. The molecular weight excluding hydrogens is 284 g/mol. The standard InChI is InChI=1S/C16H22N2O2S/c1-12-5-3-4-10-18(12)16(21)17-14-8-6-13(7-9-14)11-15(19)20-2/h6-9,12H,3-5,10-11H2,1-2H3,(H,17,21)/t12-/m1/s1. The molecule has 0 radical (unpaired) electrons. The summed E-state index contributed by atoms with van der Waals surface area (Å²) >= 11 is 5.50. The fourth-order valence-electron chi connectivity index (χ4n) is 2.54. The molecule has 1 saturated heterocycles. The number of carbonyl (C=O) groups excluding carboxylic acids is 1. The van der Waals surface area contributed by atoms with Crippen LogP contribution in [0.4, 0.5) is 5.69 Å². The van der Waals surface area contributed by atoms with Crippen LogP contribution in [0.5, 0.6) is 0 Å². The smallest absolute Gasteiger partial charge is 0.309 e. The zero-order valence-electron chi connectivity index (χ0n) is 12.6. The monoisotopic (exact) mass is 306 g/mol. The zero-order valence-corrected chi connectivity index (χ0v) is 13.4. The summed E-state index contributed by atoms with van der Waals surface area (Å²) in [5.74, 6) is -0.228. The van der Waals surface area contributed by atoms with Crippen molar-refractivity contribution in [2.45, 2.75) is 38.6 Å². The Balaban J connectivity index is 1.93. The van der Waals surface area contributed by atoms with Crippen LogP contribution in [0.2, 0.25) is 0 Å². The minimum absolute atomic E-state index is 0.228. The average molecular weight is 306 g/mol. The summed E-state index contributed by atoms with van der Waals surface area (Å²) in [7, 11) is 1.40. The van der Waals surface area contributed by atoms with Crippen LogP contribution in [-0.4, -0.2) is 35.7 Å². The van der Waals surface area contributed by atoms with Gasteiger partial charge in [0.25, 0.3) is 0 Å². The molecule has 114 valence electrons. The Hall–Kier alpha value is -1.62. The van der Waals surface area contributed by atoms with E-state index in [2.05, 4.69) is 21.9 Å². The first-order valence-corrected chi connectivity index (χ1v) is 7.74. The van der Waals surface area contributed by atoms with E-state index in [9.17, 15) is 4.79 Å². The zero-order chi connectivity index (χ0) is 15.2. The Bertz CT molecular complexity index is 502. The van der Waals surface area contributed by atoms with Crippen LogP contribution in [0, 0.1) is 0 Å². The van der Waals surface area contributed by atoms with Crippen molar-refractivity contribution in [2.24, 2.45) is 0 Å². The molecule has 0 unspecified atom stereocenters. The minimum atomic E-state index is -0.228. The van der Waals surface area contributed by atoms with Crippen LogP contribution in [0.1, 0.15) is 31.7 Å². The first-order chi connectivity index (χ1) is 10.1. The number of anilines is 1. The Labute approximate surface area is 131 Å². The molecule has 0 aromatic heterocycles. The molecule has 1 atom stereocenters. The predicted molar refractivity (Wildman–Crippen MR) is 88.4 cm³/mol. The molecule has 0 saturated carbocycles. The number of hydrogen-bond donors (Lipinski definition) is 1. The molecule has 1 fully saturated rings. The molecule has 1 aromatic carbocycles. The van der Waals surface area contributed by atoms with Gasteiger partial charge >= 0.3 is 5.97 Å².